The van der Waals surface area contributed by atoms with Gasteiger partial charge in [-0.25, -0.2) is 4.79 Å². The van der Waals surface area contributed by atoms with Gasteiger partial charge in [-0.2, -0.15) is 0 Å². The van der Waals surface area contributed by atoms with Gasteiger partial charge in [-0.05, 0) is 47.2 Å². The summed E-state index contributed by atoms with van der Waals surface area (Å²) in [6.07, 6.45) is 1.44. The standard InChI is InChI=1S/C31H34N2O6/c1-37-20-28(33-29(34)25-17-23-10-6-7-11-24(23)18-25)30(35)32-27(16-21-12-14-26(38-2)15-13-21)31(36)39-19-22-8-4-3-5-9-22/h3-15,25,27-28H,16-20H2,1-2H3,(H,32,35)(H,33,34). The van der Waals surface area contributed by atoms with Crippen LogP contribution in [0.1, 0.15) is 22.3 Å². The Balaban J connectivity index is 1.43. The molecule has 0 radical (unpaired) electrons. The minimum Gasteiger partial charge on any atom is -0.497 e. The second kappa shape index (κ2) is 13.6. The van der Waals surface area contributed by atoms with Crippen molar-refractivity contribution in [2.45, 2.75) is 38.0 Å². The maximum absolute atomic E-state index is 13.3. The maximum atomic E-state index is 13.3. The van der Waals surface area contributed by atoms with Crippen LogP contribution in [0, 0.1) is 5.92 Å². The summed E-state index contributed by atoms with van der Waals surface area (Å²) in [7, 11) is 3.04. The first-order chi connectivity index (χ1) is 19.0. The second-order valence-electron chi connectivity index (χ2n) is 9.60. The number of benzene rings is 3. The third-order valence-electron chi connectivity index (χ3n) is 6.81. The summed E-state index contributed by atoms with van der Waals surface area (Å²) < 4.78 is 16.0. The summed E-state index contributed by atoms with van der Waals surface area (Å²) in [6.45, 7) is 0.0424. The Labute approximate surface area is 228 Å². The molecule has 0 spiro atoms. The zero-order valence-electron chi connectivity index (χ0n) is 22.2. The van der Waals surface area contributed by atoms with Crippen molar-refractivity contribution >= 4 is 17.8 Å². The maximum Gasteiger partial charge on any atom is 0.329 e. The number of ether oxygens (including phenoxy) is 3. The molecule has 3 aromatic carbocycles. The zero-order valence-corrected chi connectivity index (χ0v) is 22.2. The fourth-order valence-electron chi connectivity index (χ4n) is 4.68. The van der Waals surface area contributed by atoms with Crippen LogP contribution in [0.3, 0.4) is 0 Å². The molecule has 2 atom stereocenters. The van der Waals surface area contributed by atoms with Crippen molar-refractivity contribution in [1.82, 2.24) is 10.6 Å². The van der Waals surface area contributed by atoms with E-state index in [0.29, 0.717) is 18.6 Å². The molecule has 0 saturated carbocycles. The van der Waals surface area contributed by atoms with Crippen molar-refractivity contribution in [2.24, 2.45) is 5.92 Å². The normalized spacial score (nSPS) is 14.1. The highest BCUT2D eigenvalue weighted by Crippen LogP contribution is 2.26. The number of esters is 1. The summed E-state index contributed by atoms with van der Waals surface area (Å²) in [6, 6.07) is 22.6. The first-order valence-electron chi connectivity index (χ1n) is 13.0. The van der Waals surface area contributed by atoms with Gasteiger partial charge in [0.05, 0.1) is 13.7 Å². The van der Waals surface area contributed by atoms with Crippen molar-refractivity contribution in [3.05, 3.63) is 101 Å². The van der Waals surface area contributed by atoms with E-state index in [2.05, 4.69) is 10.6 Å². The highest BCUT2D eigenvalue weighted by Gasteiger charge is 2.32. The number of hydrogen-bond acceptors (Lipinski definition) is 6. The molecule has 1 aliphatic rings. The summed E-state index contributed by atoms with van der Waals surface area (Å²) >= 11 is 0. The number of nitrogens with one attached hydrogen (secondary N) is 2. The molecule has 0 saturated heterocycles. The lowest BCUT2D eigenvalue weighted by Gasteiger charge is -2.23. The van der Waals surface area contributed by atoms with Crippen LogP contribution in [0.5, 0.6) is 5.75 Å². The second-order valence-corrected chi connectivity index (χ2v) is 9.60. The number of fused-ring (bicyclic) bond motifs is 1. The van der Waals surface area contributed by atoms with Gasteiger partial charge in [0.15, 0.2) is 0 Å². The van der Waals surface area contributed by atoms with Gasteiger partial charge in [-0.1, -0.05) is 66.7 Å². The lowest BCUT2D eigenvalue weighted by molar-refractivity contribution is -0.149. The number of methoxy groups -OCH3 is 2. The predicted octanol–water partition coefficient (Wildman–Crippen LogP) is 3.01. The van der Waals surface area contributed by atoms with E-state index < -0.39 is 24.0 Å². The Morgan fingerprint density at radius 2 is 1.44 bits per heavy atom. The van der Waals surface area contributed by atoms with Gasteiger partial charge in [0.1, 0.15) is 24.4 Å². The van der Waals surface area contributed by atoms with E-state index >= 15 is 0 Å². The molecule has 39 heavy (non-hydrogen) atoms. The lowest BCUT2D eigenvalue weighted by atomic mass is 10.0. The van der Waals surface area contributed by atoms with E-state index in [9.17, 15) is 14.4 Å². The highest BCUT2D eigenvalue weighted by atomic mass is 16.5. The van der Waals surface area contributed by atoms with E-state index in [1.807, 2.05) is 66.7 Å². The van der Waals surface area contributed by atoms with Gasteiger partial charge in [-0.15, -0.1) is 0 Å². The minimum atomic E-state index is -0.971. The van der Waals surface area contributed by atoms with Crippen LogP contribution in [0.2, 0.25) is 0 Å². The van der Waals surface area contributed by atoms with Gasteiger partial charge in [0, 0.05) is 19.4 Å². The van der Waals surface area contributed by atoms with E-state index in [0.717, 1.165) is 22.3 Å². The highest BCUT2D eigenvalue weighted by molar-refractivity contribution is 5.91. The topological polar surface area (TPSA) is 103 Å². The number of rotatable bonds is 12. The molecule has 3 aromatic rings. The predicted molar refractivity (Wildman–Crippen MR) is 146 cm³/mol. The largest absolute Gasteiger partial charge is 0.497 e. The van der Waals surface area contributed by atoms with Crippen LogP contribution in [0.15, 0.2) is 78.9 Å². The van der Waals surface area contributed by atoms with Crippen molar-refractivity contribution in [2.75, 3.05) is 20.8 Å². The SMILES string of the molecule is COCC(NC(=O)C1Cc2ccccc2C1)C(=O)NC(Cc1ccc(OC)cc1)C(=O)OCc1ccccc1. The molecule has 0 aliphatic heterocycles. The van der Waals surface area contributed by atoms with E-state index in [-0.39, 0.29) is 31.5 Å². The molecular weight excluding hydrogens is 496 g/mol. The molecule has 204 valence electrons. The van der Waals surface area contributed by atoms with Gasteiger partial charge in [-0.3, -0.25) is 9.59 Å². The third-order valence-corrected chi connectivity index (χ3v) is 6.81. The number of carbonyl (C=O) groups excluding carboxylic acids is 3. The van der Waals surface area contributed by atoms with Crippen molar-refractivity contribution in [3.8, 4) is 5.75 Å². The van der Waals surface area contributed by atoms with E-state index in [4.69, 9.17) is 14.2 Å². The first kappa shape index (κ1) is 27.9. The minimum absolute atomic E-state index is 0.0362. The molecule has 0 aromatic heterocycles. The smallest absolute Gasteiger partial charge is 0.329 e. The molecule has 8 heteroatoms. The Hall–Kier alpha value is -4.17. The monoisotopic (exact) mass is 530 g/mol. The van der Waals surface area contributed by atoms with Crippen molar-refractivity contribution in [1.29, 1.82) is 0 Å². The van der Waals surface area contributed by atoms with Crippen LogP contribution in [-0.2, 0) is 49.7 Å². The zero-order chi connectivity index (χ0) is 27.6. The Bertz CT molecular complexity index is 1240. The van der Waals surface area contributed by atoms with E-state index in [1.54, 1.807) is 19.2 Å². The van der Waals surface area contributed by atoms with Crippen molar-refractivity contribution < 1.29 is 28.6 Å². The number of carbonyl (C=O) groups is 3. The molecule has 0 bridgehead atoms. The molecule has 2 N–H and O–H groups in total. The molecule has 1 aliphatic carbocycles. The summed E-state index contributed by atoms with van der Waals surface area (Å²) in [4.78, 5) is 39.6. The Kier molecular flexibility index (Phi) is 9.69. The van der Waals surface area contributed by atoms with Crippen LogP contribution in [0.4, 0.5) is 0 Å². The van der Waals surface area contributed by atoms with Crippen LogP contribution < -0.4 is 15.4 Å². The van der Waals surface area contributed by atoms with Gasteiger partial charge < -0.3 is 24.8 Å². The molecule has 8 nitrogen and oxygen atoms in total. The molecule has 2 unspecified atom stereocenters. The van der Waals surface area contributed by atoms with Gasteiger partial charge in [0.25, 0.3) is 0 Å². The molecule has 0 heterocycles. The average Bonchev–Trinajstić information content (AvgIpc) is 3.41. The van der Waals surface area contributed by atoms with Crippen LogP contribution in [-0.4, -0.2) is 50.7 Å². The molecule has 2 amide bonds. The Morgan fingerprint density at radius 3 is 2.05 bits per heavy atom. The molecule has 4 rings (SSSR count). The Morgan fingerprint density at radius 1 is 0.795 bits per heavy atom. The van der Waals surface area contributed by atoms with Crippen LogP contribution >= 0.6 is 0 Å². The summed E-state index contributed by atoms with van der Waals surface area (Å²) in [5.41, 5.74) is 3.94. The third kappa shape index (κ3) is 7.67. The van der Waals surface area contributed by atoms with Gasteiger partial charge >= 0.3 is 5.97 Å². The lowest BCUT2D eigenvalue weighted by Crippen LogP contribution is -2.55. The fourth-order valence-corrected chi connectivity index (χ4v) is 4.68. The molecule has 0 fully saturated rings. The summed E-state index contributed by atoms with van der Waals surface area (Å²) in [5.74, 6) is -0.891. The molecular formula is C31H34N2O6. The number of hydrogen-bond donors (Lipinski definition) is 2. The van der Waals surface area contributed by atoms with Gasteiger partial charge in [0.2, 0.25) is 11.8 Å². The van der Waals surface area contributed by atoms with Crippen LogP contribution in [0.25, 0.3) is 0 Å². The quantitative estimate of drug-likeness (QED) is 0.349. The van der Waals surface area contributed by atoms with E-state index in [1.165, 1.54) is 7.11 Å². The number of amides is 2. The summed E-state index contributed by atoms with van der Waals surface area (Å²) in [5, 5.41) is 5.62. The average molecular weight is 531 g/mol. The first-order valence-corrected chi connectivity index (χ1v) is 13.0. The van der Waals surface area contributed by atoms with Crippen molar-refractivity contribution in [3.63, 3.8) is 0 Å². The fraction of sp³-hybridized carbons (Fsp3) is 0.323.